The Morgan fingerprint density at radius 3 is 2.61 bits per heavy atom. The van der Waals surface area contributed by atoms with Crippen molar-refractivity contribution in [3.05, 3.63) is 24.0 Å². The summed E-state index contributed by atoms with van der Waals surface area (Å²) >= 11 is 1.50. The number of likely N-dealkylation sites (tertiary alicyclic amines) is 1. The number of hydrogen-bond donors (Lipinski definition) is 0. The Bertz CT molecular complexity index is 718. The van der Waals surface area contributed by atoms with Crippen molar-refractivity contribution in [2.24, 2.45) is 5.92 Å². The molecule has 0 spiro atoms. The first-order valence-corrected chi connectivity index (χ1v) is 9.13. The fraction of sp³-hybridized carbons (Fsp3) is 0.529. The highest BCUT2D eigenvalue weighted by Crippen LogP contribution is 2.34. The second kappa shape index (κ2) is 6.07. The zero-order valence-corrected chi connectivity index (χ0v) is 13.8. The van der Waals surface area contributed by atoms with E-state index >= 15 is 0 Å². The molecule has 0 N–H and O–H groups in total. The van der Waals surface area contributed by atoms with E-state index in [1.54, 1.807) is 6.07 Å². The summed E-state index contributed by atoms with van der Waals surface area (Å²) in [5, 5.41) is 0.824. The van der Waals surface area contributed by atoms with Crippen LogP contribution in [0.25, 0.3) is 10.2 Å². The fourth-order valence-electron chi connectivity index (χ4n) is 3.38. The first-order valence-electron chi connectivity index (χ1n) is 8.31. The largest absolute Gasteiger partial charge is 0.346 e. The Hall–Kier alpha value is -1.69. The van der Waals surface area contributed by atoms with Gasteiger partial charge < -0.3 is 9.80 Å². The molecule has 0 saturated carbocycles. The van der Waals surface area contributed by atoms with Gasteiger partial charge in [-0.3, -0.25) is 4.79 Å². The Morgan fingerprint density at radius 1 is 1.17 bits per heavy atom. The number of nitrogens with zero attached hydrogens (tertiary/aromatic N) is 3. The van der Waals surface area contributed by atoms with Crippen LogP contribution in [0.3, 0.4) is 0 Å². The number of benzene rings is 1. The third kappa shape index (κ3) is 2.80. The van der Waals surface area contributed by atoms with Crippen molar-refractivity contribution in [1.82, 2.24) is 9.88 Å². The first kappa shape index (κ1) is 14.9. The minimum absolute atomic E-state index is 0.0740. The molecule has 122 valence electrons. The highest BCUT2D eigenvalue weighted by atomic mass is 32.1. The van der Waals surface area contributed by atoms with E-state index in [0.717, 1.165) is 35.8 Å². The van der Waals surface area contributed by atoms with Crippen LogP contribution in [-0.4, -0.2) is 42.0 Å². The molecule has 0 radical (unpaired) electrons. The van der Waals surface area contributed by atoms with Gasteiger partial charge in [0.2, 0.25) is 5.91 Å². The van der Waals surface area contributed by atoms with Crippen molar-refractivity contribution in [2.45, 2.75) is 25.7 Å². The number of fused-ring (bicyclic) bond motifs is 1. The predicted molar refractivity (Wildman–Crippen MR) is 90.3 cm³/mol. The van der Waals surface area contributed by atoms with E-state index in [9.17, 15) is 9.18 Å². The number of para-hydroxylation sites is 1. The number of halogens is 1. The molecule has 23 heavy (non-hydrogen) atoms. The van der Waals surface area contributed by atoms with Gasteiger partial charge in [0.1, 0.15) is 11.3 Å². The number of rotatable bonds is 2. The minimum Gasteiger partial charge on any atom is -0.346 e. The van der Waals surface area contributed by atoms with Crippen LogP contribution in [0, 0.1) is 11.7 Å². The zero-order chi connectivity index (χ0) is 15.8. The Morgan fingerprint density at radius 2 is 1.91 bits per heavy atom. The number of hydrogen-bond acceptors (Lipinski definition) is 4. The molecule has 2 aromatic rings. The van der Waals surface area contributed by atoms with Crippen LogP contribution in [0.5, 0.6) is 0 Å². The molecular formula is C17H20FN3OS. The number of anilines is 1. The van der Waals surface area contributed by atoms with Gasteiger partial charge in [0.15, 0.2) is 5.13 Å². The topological polar surface area (TPSA) is 36.4 Å². The van der Waals surface area contributed by atoms with Gasteiger partial charge in [-0.2, -0.15) is 0 Å². The summed E-state index contributed by atoms with van der Waals surface area (Å²) in [7, 11) is 0. The molecule has 0 unspecified atom stereocenters. The lowest BCUT2D eigenvalue weighted by Crippen LogP contribution is -2.54. The van der Waals surface area contributed by atoms with Crippen molar-refractivity contribution >= 4 is 32.6 Å². The van der Waals surface area contributed by atoms with Gasteiger partial charge in [-0.15, -0.1) is 0 Å². The molecule has 2 aliphatic heterocycles. The minimum atomic E-state index is -0.275. The van der Waals surface area contributed by atoms with E-state index in [2.05, 4.69) is 9.88 Å². The van der Waals surface area contributed by atoms with Crippen LogP contribution >= 0.6 is 11.3 Å². The van der Waals surface area contributed by atoms with Crippen LogP contribution in [0.1, 0.15) is 25.7 Å². The van der Waals surface area contributed by atoms with Crippen molar-refractivity contribution < 1.29 is 9.18 Å². The molecule has 6 heteroatoms. The second-order valence-electron chi connectivity index (χ2n) is 6.42. The number of carbonyl (C=O) groups excluding carboxylic acids is 1. The quantitative estimate of drug-likeness (QED) is 0.846. The Kier molecular flexibility index (Phi) is 3.93. The Labute approximate surface area is 138 Å². The fourth-order valence-corrected chi connectivity index (χ4v) is 4.38. The smallest absolute Gasteiger partial charge is 0.229 e. The summed E-state index contributed by atoms with van der Waals surface area (Å²) < 4.78 is 14.6. The summed E-state index contributed by atoms with van der Waals surface area (Å²) in [6.07, 6.45) is 4.72. The van der Waals surface area contributed by atoms with E-state index in [1.165, 1.54) is 30.2 Å². The summed E-state index contributed by atoms with van der Waals surface area (Å²) in [5.74, 6) is 0.0862. The normalized spacial score (nSPS) is 19.7. The molecule has 0 aliphatic carbocycles. The molecule has 2 fully saturated rings. The monoisotopic (exact) mass is 333 g/mol. The number of aromatic nitrogens is 1. The average molecular weight is 333 g/mol. The number of amides is 1. The lowest BCUT2D eigenvalue weighted by molar-refractivity contribution is -0.136. The molecule has 4 nitrogen and oxygen atoms in total. The molecule has 2 aliphatic rings. The maximum atomic E-state index is 13.7. The summed E-state index contributed by atoms with van der Waals surface area (Å²) in [4.78, 5) is 21.1. The van der Waals surface area contributed by atoms with E-state index in [0.29, 0.717) is 18.6 Å². The van der Waals surface area contributed by atoms with Crippen LogP contribution in [-0.2, 0) is 4.79 Å². The summed E-state index contributed by atoms with van der Waals surface area (Å²) in [6, 6.07) is 5.04. The van der Waals surface area contributed by atoms with Gasteiger partial charge in [-0.25, -0.2) is 9.37 Å². The standard InChI is InChI=1S/C17H20FN3OS/c18-13-6-5-7-14-15(13)19-17(23-14)21-10-12(11-21)16(22)20-8-3-1-2-4-9-20/h5-7,12H,1-4,8-11H2. The van der Waals surface area contributed by atoms with Gasteiger partial charge >= 0.3 is 0 Å². The van der Waals surface area contributed by atoms with Crippen molar-refractivity contribution in [1.29, 1.82) is 0 Å². The first-order chi connectivity index (χ1) is 11.2. The van der Waals surface area contributed by atoms with Gasteiger partial charge in [0.25, 0.3) is 0 Å². The van der Waals surface area contributed by atoms with Crippen molar-refractivity contribution in [3.8, 4) is 0 Å². The highest BCUT2D eigenvalue weighted by molar-refractivity contribution is 7.22. The van der Waals surface area contributed by atoms with Crippen LogP contribution in [0.2, 0.25) is 0 Å². The molecule has 0 bridgehead atoms. The molecule has 1 amide bonds. The molecule has 1 aromatic carbocycles. The third-order valence-electron chi connectivity index (χ3n) is 4.78. The van der Waals surface area contributed by atoms with E-state index in [-0.39, 0.29) is 17.6 Å². The highest BCUT2D eigenvalue weighted by Gasteiger charge is 2.36. The van der Waals surface area contributed by atoms with Gasteiger partial charge in [0.05, 0.1) is 10.6 Å². The average Bonchev–Trinajstić information content (AvgIpc) is 2.75. The van der Waals surface area contributed by atoms with Crippen molar-refractivity contribution in [2.75, 3.05) is 31.1 Å². The maximum Gasteiger partial charge on any atom is 0.229 e. The zero-order valence-electron chi connectivity index (χ0n) is 13.0. The molecule has 2 saturated heterocycles. The van der Waals surface area contributed by atoms with E-state index < -0.39 is 0 Å². The lowest BCUT2D eigenvalue weighted by atomic mass is 9.99. The predicted octanol–water partition coefficient (Wildman–Crippen LogP) is 3.27. The second-order valence-corrected chi connectivity index (χ2v) is 7.43. The lowest BCUT2D eigenvalue weighted by Gasteiger charge is -2.40. The molecule has 1 aromatic heterocycles. The van der Waals surface area contributed by atoms with E-state index in [4.69, 9.17) is 0 Å². The van der Waals surface area contributed by atoms with Crippen molar-refractivity contribution in [3.63, 3.8) is 0 Å². The molecule has 4 rings (SSSR count). The van der Waals surface area contributed by atoms with Gasteiger partial charge in [-0.1, -0.05) is 30.2 Å². The summed E-state index contributed by atoms with van der Waals surface area (Å²) in [6.45, 7) is 3.22. The Balaban J connectivity index is 1.42. The molecular weight excluding hydrogens is 313 g/mol. The van der Waals surface area contributed by atoms with Gasteiger partial charge in [0, 0.05) is 26.2 Å². The van der Waals surface area contributed by atoms with Gasteiger partial charge in [-0.05, 0) is 25.0 Å². The number of carbonyl (C=O) groups is 1. The van der Waals surface area contributed by atoms with Crippen LogP contribution in [0.15, 0.2) is 18.2 Å². The number of thiazole rings is 1. The molecule has 0 atom stereocenters. The molecule has 3 heterocycles. The van der Waals surface area contributed by atoms with E-state index in [1.807, 2.05) is 11.0 Å². The van der Waals surface area contributed by atoms with Crippen LogP contribution in [0.4, 0.5) is 9.52 Å². The van der Waals surface area contributed by atoms with Crippen LogP contribution < -0.4 is 4.90 Å². The SMILES string of the molecule is O=C(C1CN(c2nc3c(F)cccc3s2)C1)N1CCCCCC1. The summed E-state index contributed by atoms with van der Waals surface area (Å²) in [5.41, 5.74) is 0.440. The maximum absolute atomic E-state index is 13.7. The third-order valence-corrected chi connectivity index (χ3v) is 5.86.